The van der Waals surface area contributed by atoms with Crippen molar-refractivity contribution in [3.05, 3.63) is 41.0 Å². The second-order valence-electron chi connectivity index (χ2n) is 6.52. The van der Waals surface area contributed by atoms with E-state index in [1.165, 1.54) is 29.5 Å². The number of hydrogen-bond acceptors (Lipinski definition) is 1. The molecular weight excluding hydrogens is 218 g/mol. The van der Waals surface area contributed by atoms with Crippen molar-refractivity contribution in [2.45, 2.75) is 52.0 Å². The Kier molecular flexibility index (Phi) is 3.91. The normalized spacial score (nSPS) is 17.0. The van der Waals surface area contributed by atoms with E-state index in [1.807, 2.05) is 0 Å². The predicted octanol–water partition coefficient (Wildman–Crippen LogP) is 4.14. The molecule has 1 heteroatoms. The van der Waals surface area contributed by atoms with Crippen LogP contribution >= 0.6 is 0 Å². The molecule has 0 heterocycles. The van der Waals surface area contributed by atoms with Gasteiger partial charge in [-0.3, -0.25) is 0 Å². The first-order chi connectivity index (χ1) is 8.45. The minimum Gasteiger partial charge on any atom is -0.310 e. The van der Waals surface area contributed by atoms with Gasteiger partial charge in [0.05, 0.1) is 0 Å². The van der Waals surface area contributed by atoms with Gasteiger partial charge in [0, 0.05) is 12.6 Å². The SMILES string of the molecule is CC(=Cc1ccc(C(C)(C)C)cc1)CNC1CC1. The lowest BCUT2D eigenvalue weighted by molar-refractivity contribution is 0.590. The first kappa shape index (κ1) is 13.4. The zero-order valence-electron chi connectivity index (χ0n) is 12.1. The molecule has 2 rings (SSSR count). The highest BCUT2D eigenvalue weighted by molar-refractivity contribution is 5.53. The average molecular weight is 243 g/mol. The lowest BCUT2D eigenvalue weighted by Crippen LogP contribution is -2.18. The molecule has 1 aromatic rings. The molecule has 0 unspecified atom stereocenters. The largest absolute Gasteiger partial charge is 0.310 e. The summed E-state index contributed by atoms with van der Waals surface area (Å²) >= 11 is 0. The summed E-state index contributed by atoms with van der Waals surface area (Å²) in [6.45, 7) is 9.98. The number of benzene rings is 1. The van der Waals surface area contributed by atoms with Gasteiger partial charge in [0.25, 0.3) is 0 Å². The molecule has 18 heavy (non-hydrogen) atoms. The summed E-state index contributed by atoms with van der Waals surface area (Å²) in [5.74, 6) is 0. The first-order valence-electron chi connectivity index (χ1n) is 6.96. The van der Waals surface area contributed by atoms with E-state index in [9.17, 15) is 0 Å². The Morgan fingerprint density at radius 3 is 2.33 bits per heavy atom. The van der Waals surface area contributed by atoms with Crippen molar-refractivity contribution in [3.8, 4) is 0 Å². The van der Waals surface area contributed by atoms with Crippen molar-refractivity contribution in [3.63, 3.8) is 0 Å². The topological polar surface area (TPSA) is 12.0 Å². The van der Waals surface area contributed by atoms with Crippen LogP contribution in [0, 0.1) is 0 Å². The van der Waals surface area contributed by atoms with Gasteiger partial charge in [-0.15, -0.1) is 0 Å². The quantitative estimate of drug-likeness (QED) is 0.838. The monoisotopic (exact) mass is 243 g/mol. The molecule has 0 spiro atoms. The second-order valence-corrected chi connectivity index (χ2v) is 6.52. The Hall–Kier alpha value is -1.08. The summed E-state index contributed by atoms with van der Waals surface area (Å²) in [4.78, 5) is 0. The van der Waals surface area contributed by atoms with E-state index in [1.54, 1.807) is 0 Å². The molecule has 0 aromatic heterocycles. The van der Waals surface area contributed by atoms with Crippen LogP contribution in [0.1, 0.15) is 51.7 Å². The van der Waals surface area contributed by atoms with Gasteiger partial charge in [-0.25, -0.2) is 0 Å². The van der Waals surface area contributed by atoms with Crippen molar-refractivity contribution in [2.75, 3.05) is 6.54 Å². The highest BCUT2D eigenvalue weighted by Gasteiger charge is 2.19. The Morgan fingerprint density at radius 1 is 1.22 bits per heavy atom. The van der Waals surface area contributed by atoms with Gasteiger partial charge in [0.2, 0.25) is 0 Å². The molecule has 0 bridgehead atoms. The molecule has 1 aromatic carbocycles. The maximum absolute atomic E-state index is 3.54. The third kappa shape index (κ3) is 3.99. The summed E-state index contributed by atoms with van der Waals surface area (Å²) < 4.78 is 0. The molecule has 1 aliphatic rings. The maximum atomic E-state index is 3.54. The zero-order chi connectivity index (χ0) is 13.2. The highest BCUT2D eigenvalue weighted by atomic mass is 14.9. The summed E-state index contributed by atoms with van der Waals surface area (Å²) in [6.07, 6.45) is 4.99. The van der Waals surface area contributed by atoms with Gasteiger partial charge in [-0.05, 0) is 36.3 Å². The summed E-state index contributed by atoms with van der Waals surface area (Å²) in [5, 5.41) is 3.54. The van der Waals surface area contributed by atoms with E-state index >= 15 is 0 Å². The van der Waals surface area contributed by atoms with E-state index in [0.717, 1.165) is 12.6 Å². The standard InChI is InChI=1S/C17H25N/c1-13(12-18-16-9-10-16)11-14-5-7-15(8-6-14)17(2,3)4/h5-8,11,16,18H,9-10,12H2,1-4H3. The van der Waals surface area contributed by atoms with Crippen LogP contribution in [0.3, 0.4) is 0 Å². The highest BCUT2D eigenvalue weighted by Crippen LogP contribution is 2.23. The number of nitrogens with one attached hydrogen (secondary N) is 1. The van der Waals surface area contributed by atoms with E-state index in [0.29, 0.717) is 0 Å². The van der Waals surface area contributed by atoms with Crippen LogP contribution in [0.2, 0.25) is 0 Å². The zero-order valence-corrected chi connectivity index (χ0v) is 12.1. The van der Waals surface area contributed by atoms with E-state index in [-0.39, 0.29) is 5.41 Å². The molecule has 0 radical (unpaired) electrons. The molecule has 98 valence electrons. The minimum atomic E-state index is 0.241. The molecular formula is C17H25N. The van der Waals surface area contributed by atoms with Crippen LogP contribution in [0.15, 0.2) is 29.8 Å². The van der Waals surface area contributed by atoms with Crippen molar-refractivity contribution in [2.24, 2.45) is 0 Å². The van der Waals surface area contributed by atoms with Crippen LogP contribution in [0.25, 0.3) is 6.08 Å². The minimum absolute atomic E-state index is 0.241. The lowest BCUT2D eigenvalue weighted by atomic mass is 9.86. The molecule has 1 N–H and O–H groups in total. The van der Waals surface area contributed by atoms with Crippen molar-refractivity contribution >= 4 is 6.08 Å². The molecule has 1 aliphatic carbocycles. The summed E-state index contributed by atoms with van der Waals surface area (Å²) in [7, 11) is 0. The molecule has 0 atom stereocenters. The summed E-state index contributed by atoms with van der Waals surface area (Å²) in [6, 6.07) is 9.72. The second kappa shape index (κ2) is 5.27. The van der Waals surface area contributed by atoms with Crippen molar-refractivity contribution in [1.82, 2.24) is 5.32 Å². The molecule has 1 nitrogen and oxygen atoms in total. The first-order valence-corrected chi connectivity index (χ1v) is 6.96. The molecule has 1 saturated carbocycles. The van der Waals surface area contributed by atoms with Gasteiger partial charge in [-0.1, -0.05) is 56.7 Å². The third-order valence-corrected chi connectivity index (χ3v) is 3.44. The van der Waals surface area contributed by atoms with Gasteiger partial charge < -0.3 is 5.32 Å². The van der Waals surface area contributed by atoms with Crippen molar-refractivity contribution < 1.29 is 0 Å². The number of hydrogen-bond donors (Lipinski definition) is 1. The summed E-state index contributed by atoms with van der Waals surface area (Å²) in [5.41, 5.74) is 4.35. The van der Waals surface area contributed by atoms with Gasteiger partial charge >= 0.3 is 0 Å². The fourth-order valence-corrected chi connectivity index (χ4v) is 2.01. The van der Waals surface area contributed by atoms with Gasteiger partial charge in [-0.2, -0.15) is 0 Å². The van der Waals surface area contributed by atoms with Crippen LogP contribution < -0.4 is 5.32 Å². The predicted molar refractivity (Wildman–Crippen MR) is 79.8 cm³/mol. The Morgan fingerprint density at radius 2 is 1.83 bits per heavy atom. The van der Waals surface area contributed by atoms with Crippen LogP contribution in [-0.2, 0) is 5.41 Å². The van der Waals surface area contributed by atoms with Crippen LogP contribution in [-0.4, -0.2) is 12.6 Å². The fourth-order valence-electron chi connectivity index (χ4n) is 2.01. The van der Waals surface area contributed by atoms with E-state index < -0.39 is 0 Å². The Balaban J connectivity index is 1.97. The Labute approximate surface area is 111 Å². The van der Waals surface area contributed by atoms with E-state index in [4.69, 9.17) is 0 Å². The smallest absolute Gasteiger partial charge is 0.0167 e. The third-order valence-electron chi connectivity index (χ3n) is 3.44. The molecule has 1 fully saturated rings. The van der Waals surface area contributed by atoms with Crippen LogP contribution in [0.4, 0.5) is 0 Å². The lowest BCUT2D eigenvalue weighted by Gasteiger charge is -2.18. The van der Waals surface area contributed by atoms with Gasteiger partial charge in [0.15, 0.2) is 0 Å². The van der Waals surface area contributed by atoms with Crippen LogP contribution in [0.5, 0.6) is 0 Å². The fraction of sp³-hybridized carbons (Fsp3) is 0.529. The molecule has 0 saturated heterocycles. The van der Waals surface area contributed by atoms with Crippen molar-refractivity contribution in [1.29, 1.82) is 0 Å². The number of rotatable bonds is 4. The molecule has 0 aliphatic heterocycles. The average Bonchev–Trinajstić information content (AvgIpc) is 3.09. The molecule has 0 amide bonds. The Bertz CT molecular complexity index is 416. The maximum Gasteiger partial charge on any atom is 0.0167 e. The van der Waals surface area contributed by atoms with E-state index in [2.05, 4.69) is 63.4 Å². The van der Waals surface area contributed by atoms with Gasteiger partial charge in [0.1, 0.15) is 0 Å².